The second-order valence-electron chi connectivity index (χ2n) is 9.48. The van der Waals surface area contributed by atoms with Crippen molar-refractivity contribution in [1.82, 2.24) is 20.3 Å². The molecule has 2 unspecified atom stereocenters. The fraction of sp³-hybridized carbons (Fsp3) is 0.333. The lowest BCUT2D eigenvalue weighted by atomic mass is 10.0. The Kier molecular flexibility index (Phi) is 8.56. The summed E-state index contributed by atoms with van der Waals surface area (Å²) in [6.45, 7) is 3.37. The van der Waals surface area contributed by atoms with Gasteiger partial charge in [0.25, 0.3) is 0 Å². The van der Waals surface area contributed by atoms with Gasteiger partial charge in [-0.1, -0.05) is 29.5 Å². The minimum atomic E-state index is -0.965. The Labute approximate surface area is 232 Å². The van der Waals surface area contributed by atoms with Crippen LogP contribution in [0.5, 0.6) is 11.5 Å². The van der Waals surface area contributed by atoms with Crippen molar-refractivity contribution in [2.24, 2.45) is 0 Å². The number of benzene rings is 3. The number of amides is 2. The number of nitrogens with one attached hydrogen (secondary N) is 1. The highest BCUT2D eigenvalue weighted by Crippen LogP contribution is 2.31. The Hall–Kier alpha value is -4.44. The zero-order chi connectivity index (χ0) is 27.9. The van der Waals surface area contributed by atoms with Gasteiger partial charge in [0.05, 0.1) is 25.3 Å². The molecule has 0 bridgehead atoms. The van der Waals surface area contributed by atoms with Crippen LogP contribution in [0.3, 0.4) is 0 Å². The van der Waals surface area contributed by atoms with Crippen LogP contribution in [0.15, 0.2) is 72.8 Å². The van der Waals surface area contributed by atoms with Crippen molar-refractivity contribution in [2.45, 2.75) is 38.5 Å². The number of fused-ring (bicyclic) bond motifs is 1. The van der Waals surface area contributed by atoms with Gasteiger partial charge in [-0.05, 0) is 73.9 Å². The Morgan fingerprint density at radius 3 is 2.52 bits per heavy atom. The number of hydrogen-bond acceptors (Lipinski definition) is 7. The molecule has 0 spiro atoms. The van der Waals surface area contributed by atoms with E-state index in [0.717, 1.165) is 18.4 Å². The molecule has 5 rings (SSSR count). The molecule has 0 radical (unpaired) electrons. The van der Waals surface area contributed by atoms with E-state index in [4.69, 9.17) is 14.2 Å². The van der Waals surface area contributed by atoms with Crippen LogP contribution in [0.25, 0.3) is 11.0 Å². The number of carbonyl (C=O) groups excluding carboxylic acids is 2. The summed E-state index contributed by atoms with van der Waals surface area (Å²) < 4.78 is 18.2. The first kappa shape index (κ1) is 27.1. The lowest BCUT2D eigenvalue weighted by Crippen LogP contribution is -2.46. The number of aromatic nitrogens is 3. The van der Waals surface area contributed by atoms with Crippen LogP contribution in [-0.4, -0.2) is 59.8 Å². The lowest BCUT2D eigenvalue weighted by Gasteiger charge is -2.32. The third-order valence-electron chi connectivity index (χ3n) is 6.87. The van der Waals surface area contributed by atoms with Crippen LogP contribution >= 0.6 is 0 Å². The molecule has 0 aliphatic carbocycles. The van der Waals surface area contributed by atoms with Gasteiger partial charge < -0.3 is 19.5 Å². The van der Waals surface area contributed by atoms with Gasteiger partial charge in [-0.3, -0.25) is 14.5 Å². The van der Waals surface area contributed by atoms with Crippen LogP contribution in [0.4, 0.5) is 5.69 Å². The van der Waals surface area contributed by atoms with Crippen molar-refractivity contribution in [1.29, 1.82) is 0 Å². The molecule has 10 heteroatoms. The molecule has 1 aromatic heterocycles. The van der Waals surface area contributed by atoms with Crippen molar-refractivity contribution in [3.05, 3.63) is 78.4 Å². The van der Waals surface area contributed by atoms with Gasteiger partial charge in [0.15, 0.2) is 0 Å². The highest BCUT2D eigenvalue weighted by Gasteiger charge is 2.34. The van der Waals surface area contributed by atoms with E-state index in [0.29, 0.717) is 48.0 Å². The first-order chi connectivity index (χ1) is 19.6. The van der Waals surface area contributed by atoms with Crippen LogP contribution in [0, 0.1) is 0 Å². The number of para-hydroxylation sites is 1. The predicted molar refractivity (Wildman–Crippen MR) is 150 cm³/mol. The molecule has 2 atom stereocenters. The van der Waals surface area contributed by atoms with Gasteiger partial charge in [0, 0.05) is 18.8 Å². The van der Waals surface area contributed by atoms with E-state index in [1.54, 1.807) is 48.2 Å². The molecule has 1 N–H and O–H groups in total. The second kappa shape index (κ2) is 12.6. The Morgan fingerprint density at radius 1 is 1.07 bits per heavy atom. The molecule has 40 heavy (non-hydrogen) atoms. The van der Waals surface area contributed by atoms with Crippen LogP contribution < -0.4 is 19.7 Å². The zero-order valence-corrected chi connectivity index (χ0v) is 22.7. The molecule has 208 valence electrons. The first-order valence-corrected chi connectivity index (χ1v) is 13.4. The normalized spacial score (nSPS) is 15.5. The summed E-state index contributed by atoms with van der Waals surface area (Å²) in [5.74, 6) is 0.680. The van der Waals surface area contributed by atoms with Gasteiger partial charge in [-0.25, -0.2) is 4.68 Å². The number of methoxy groups -OCH3 is 1. The standard InChI is InChI=1S/C30H33N5O5/c1-3-39-24-14-10-21(11-15-24)29(30(37)31-19-25-7-6-18-40-25)35(22-12-16-23(38-2)17-13-22)28(36)20-34-27-9-5-4-8-26(27)32-33-34/h4-5,8-17,25,29H,3,6-7,18-20H2,1-2H3,(H,31,37). The minimum Gasteiger partial charge on any atom is -0.497 e. The molecule has 2 amide bonds. The molecule has 4 aromatic rings. The Morgan fingerprint density at radius 2 is 1.82 bits per heavy atom. The first-order valence-electron chi connectivity index (χ1n) is 13.4. The molecular weight excluding hydrogens is 510 g/mol. The van der Waals surface area contributed by atoms with E-state index >= 15 is 0 Å². The summed E-state index contributed by atoms with van der Waals surface area (Å²) in [5, 5.41) is 11.4. The molecule has 1 aliphatic rings. The fourth-order valence-electron chi connectivity index (χ4n) is 4.87. The molecule has 10 nitrogen and oxygen atoms in total. The van der Waals surface area contributed by atoms with E-state index in [1.807, 2.05) is 43.3 Å². The van der Waals surface area contributed by atoms with Crippen LogP contribution in [-0.2, 0) is 20.9 Å². The van der Waals surface area contributed by atoms with Crippen LogP contribution in [0.2, 0.25) is 0 Å². The average Bonchev–Trinajstić information content (AvgIpc) is 3.66. The van der Waals surface area contributed by atoms with Crippen molar-refractivity contribution in [3.63, 3.8) is 0 Å². The summed E-state index contributed by atoms with van der Waals surface area (Å²) in [4.78, 5) is 29.6. The van der Waals surface area contributed by atoms with Crippen molar-refractivity contribution < 1.29 is 23.8 Å². The molecule has 1 aliphatic heterocycles. The van der Waals surface area contributed by atoms with Crippen molar-refractivity contribution in [3.8, 4) is 11.5 Å². The summed E-state index contributed by atoms with van der Waals surface area (Å²) >= 11 is 0. The van der Waals surface area contributed by atoms with Gasteiger partial charge in [0.2, 0.25) is 11.8 Å². The minimum absolute atomic E-state index is 0.0448. The number of nitrogens with zero attached hydrogens (tertiary/aromatic N) is 4. The topological polar surface area (TPSA) is 108 Å². The SMILES string of the molecule is CCOc1ccc(C(C(=O)NCC2CCCO2)N(C(=O)Cn2nnc3ccccc32)c2ccc(OC)cc2)cc1. The van der Waals surface area contributed by atoms with Crippen molar-refractivity contribution >= 4 is 28.5 Å². The van der Waals surface area contributed by atoms with E-state index in [1.165, 1.54) is 4.90 Å². The number of carbonyl (C=O) groups is 2. The zero-order valence-electron chi connectivity index (χ0n) is 22.7. The molecule has 3 aromatic carbocycles. The molecule has 1 fully saturated rings. The molecular formula is C30H33N5O5. The smallest absolute Gasteiger partial charge is 0.249 e. The number of rotatable bonds is 11. The number of anilines is 1. The third kappa shape index (κ3) is 6.07. The van der Waals surface area contributed by atoms with Gasteiger partial charge in [0.1, 0.15) is 29.6 Å². The van der Waals surface area contributed by atoms with Gasteiger partial charge in [-0.2, -0.15) is 0 Å². The highest BCUT2D eigenvalue weighted by molar-refractivity contribution is 6.01. The molecule has 0 saturated carbocycles. The van der Waals surface area contributed by atoms with E-state index in [9.17, 15) is 9.59 Å². The predicted octanol–water partition coefficient (Wildman–Crippen LogP) is 3.91. The Balaban J connectivity index is 1.53. The summed E-state index contributed by atoms with van der Waals surface area (Å²) in [6.07, 6.45) is 1.80. The van der Waals surface area contributed by atoms with E-state index < -0.39 is 6.04 Å². The summed E-state index contributed by atoms with van der Waals surface area (Å²) in [5.41, 5.74) is 2.59. The monoisotopic (exact) mass is 543 g/mol. The van der Waals surface area contributed by atoms with Crippen LogP contribution in [0.1, 0.15) is 31.4 Å². The van der Waals surface area contributed by atoms with E-state index in [-0.39, 0.29) is 24.5 Å². The summed E-state index contributed by atoms with van der Waals surface area (Å²) in [6, 6.07) is 20.8. The Bertz CT molecular complexity index is 1430. The fourth-order valence-corrected chi connectivity index (χ4v) is 4.87. The quantitative estimate of drug-likeness (QED) is 0.306. The average molecular weight is 544 g/mol. The molecule has 2 heterocycles. The maximum atomic E-state index is 14.1. The van der Waals surface area contributed by atoms with Gasteiger partial charge in [-0.15, -0.1) is 5.10 Å². The highest BCUT2D eigenvalue weighted by atomic mass is 16.5. The second-order valence-corrected chi connectivity index (χ2v) is 9.48. The maximum absolute atomic E-state index is 14.1. The number of ether oxygens (including phenoxy) is 3. The van der Waals surface area contributed by atoms with E-state index in [2.05, 4.69) is 15.6 Å². The van der Waals surface area contributed by atoms with Gasteiger partial charge >= 0.3 is 0 Å². The number of hydrogen-bond donors (Lipinski definition) is 1. The third-order valence-corrected chi connectivity index (χ3v) is 6.87. The molecule has 1 saturated heterocycles. The maximum Gasteiger partial charge on any atom is 0.249 e. The largest absolute Gasteiger partial charge is 0.497 e. The van der Waals surface area contributed by atoms with Crippen molar-refractivity contribution in [2.75, 3.05) is 31.8 Å². The summed E-state index contributed by atoms with van der Waals surface area (Å²) in [7, 11) is 1.58. The lowest BCUT2D eigenvalue weighted by molar-refractivity contribution is -0.127.